The fraction of sp³-hybridized carbons (Fsp3) is 0.300. The third kappa shape index (κ3) is 5.23. The highest BCUT2D eigenvalue weighted by atomic mass is 16.1. The number of carbonyl (C=O) groups excluding carboxylic acids is 1. The van der Waals surface area contributed by atoms with Gasteiger partial charge in [0.2, 0.25) is 5.91 Å². The molecule has 0 radical (unpaired) electrons. The molecule has 126 valence electrons. The van der Waals surface area contributed by atoms with Crippen LogP contribution in [-0.4, -0.2) is 10.9 Å². The summed E-state index contributed by atoms with van der Waals surface area (Å²) in [4.78, 5) is 26.7. The summed E-state index contributed by atoms with van der Waals surface area (Å²) in [7, 11) is 0. The third-order valence-electron chi connectivity index (χ3n) is 3.96. The van der Waals surface area contributed by atoms with Gasteiger partial charge in [-0.05, 0) is 50.8 Å². The number of pyridine rings is 1. The molecule has 0 unspecified atom stereocenters. The van der Waals surface area contributed by atoms with Gasteiger partial charge in [-0.3, -0.25) is 9.59 Å². The first-order chi connectivity index (χ1) is 11.5. The summed E-state index contributed by atoms with van der Waals surface area (Å²) in [6.45, 7) is 5.91. The van der Waals surface area contributed by atoms with Crippen LogP contribution < -0.4 is 10.9 Å². The molecule has 4 nitrogen and oxygen atoms in total. The molecule has 2 aromatic rings. The lowest BCUT2D eigenvalue weighted by Gasteiger charge is -2.07. The monoisotopic (exact) mass is 324 g/mol. The molecule has 0 saturated carbocycles. The van der Waals surface area contributed by atoms with Crippen LogP contribution in [0, 0.1) is 13.8 Å². The highest BCUT2D eigenvalue weighted by molar-refractivity contribution is 5.88. The quantitative estimate of drug-likeness (QED) is 0.802. The number of rotatable bonds is 6. The number of nitrogens with one attached hydrogen (secondary N) is 2. The van der Waals surface area contributed by atoms with E-state index in [1.807, 2.05) is 45.0 Å². The van der Waals surface area contributed by atoms with Gasteiger partial charge >= 0.3 is 0 Å². The van der Waals surface area contributed by atoms with Crippen LogP contribution in [0.4, 0.5) is 0 Å². The van der Waals surface area contributed by atoms with Crippen LogP contribution >= 0.6 is 0 Å². The molecular formula is C20H24N2O2. The average Bonchev–Trinajstić information content (AvgIpc) is 2.53. The molecule has 2 rings (SSSR count). The molecule has 0 fully saturated rings. The van der Waals surface area contributed by atoms with Gasteiger partial charge in [0.1, 0.15) is 0 Å². The van der Waals surface area contributed by atoms with Gasteiger partial charge in [0.05, 0.1) is 0 Å². The first-order valence-electron chi connectivity index (χ1n) is 8.14. The van der Waals surface area contributed by atoms with Crippen molar-refractivity contribution in [3.8, 4) is 0 Å². The Labute approximate surface area is 142 Å². The van der Waals surface area contributed by atoms with Gasteiger partial charge < -0.3 is 10.3 Å². The molecular weight excluding hydrogens is 300 g/mol. The van der Waals surface area contributed by atoms with Crippen LogP contribution in [0.3, 0.4) is 0 Å². The molecule has 2 N–H and O–H groups in total. The summed E-state index contributed by atoms with van der Waals surface area (Å²) in [6.07, 6.45) is 3.36. The first kappa shape index (κ1) is 17.7. The zero-order valence-corrected chi connectivity index (χ0v) is 14.5. The largest absolute Gasteiger partial charge is 0.348 e. The fourth-order valence-corrected chi connectivity index (χ4v) is 2.61. The maximum Gasteiger partial charge on any atom is 0.253 e. The Kier molecular flexibility index (Phi) is 6.13. The van der Waals surface area contributed by atoms with E-state index >= 15 is 0 Å². The number of hydrogen-bond acceptors (Lipinski definition) is 2. The Balaban J connectivity index is 1.89. The molecule has 0 aliphatic carbocycles. The summed E-state index contributed by atoms with van der Waals surface area (Å²) in [6, 6.07) is 12.1. The Morgan fingerprint density at radius 3 is 2.58 bits per heavy atom. The highest BCUT2D eigenvalue weighted by Crippen LogP contribution is 2.08. The molecule has 0 aliphatic heterocycles. The number of aromatic nitrogens is 1. The standard InChI is InChI=1S/C20H24N2O2/c1-14(9-10-17-7-5-4-6-8-17)11-19(23)21-13-18-15(2)12-16(3)22-20(18)24/h4-8,11-12H,9-10,13H2,1-3H3,(H,21,23)(H,22,24). The minimum absolute atomic E-state index is 0.141. The van der Waals surface area contributed by atoms with Crippen LogP contribution in [0.2, 0.25) is 0 Å². The summed E-state index contributed by atoms with van der Waals surface area (Å²) in [5, 5.41) is 2.79. The van der Waals surface area contributed by atoms with Crippen molar-refractivity contribution in [2.24, 2.45) is 0 Å². The van der Waals surface area contributed by atoms with E-state index in [1.165, 1.54) is 5.56 Å². The van der Waals surface area contributed by atoms with Gasteiger partial charge in [-0.2, -0.15) is 0 Å². The predicted molar refractivity (Wildman–Crippen MR) is 96.9 cm³/mol. The SMILES string of the molecule is CC(=CC(=O)NCc1c(C)cc(C)[nH]c1=O)CCc1ccccc1. The molecule has 0 spiro atoms. The number of carbonyl (C=O) groups is 1. The van der Waals surface area contributed by atoms with Crippen molar-refractivity contribution in [1.29, 1.82) is 0 Å². The van der Waals surface area contributed by atoms with Gasteiger partial charge in [0.25, 0.3) is 5.56 Å². The smallest absolute Gasteiger partial charge is 0.253 e. The van der Waals surface area contributed by atoms with Crippen molar-refractivity contribution in [1.82, 2.24) is 10.3 Å². The number of benzene rings is 1. The number of H-pyrrole nitrogens is 1. The second-order valence-corrected chi connectivity index (χ2v) is 6.14. The molecule has 0 aliphatic rings. The van der Waals surface area contributed by atoms with E-state index in [1.54, 1.807) is 6.08 Å². The Hall–Kier alpha value is -2.62. The van der Waals surface area contributed by atoms with Crippen molar-refractivity contribution >= 4 is 5.91 Å². The van der Waals surface area contributed by atoms with Crippen LogP contribution in [0.15, 0.2) is 52.8 Å². The zero-order valence-electron chi connectivity index (χ0n) is 14.5. The summed E-state index contributed by atoms with van der Waals surface area (Å²) in [5.41, 5.74) is 4.45. The number of allylic oxidation sites excluding steroid dienone is 1. The normalized spacial score (nSPS) is 11.4. The first-order valence-corrected chi connectivity index (χ1v) is 8.14. The molecule has 1 heterocycles. The molecule has 0 saturated heterocycles. The predicted octanol–water partition coefficient (Wildman–Crippen LogP) is 3.19. The van der Waals surface area contributed by atoms with E-state index in [-0.39, 0.29) is 18.0 Å². The van der Waals surface area contributed by atoms with E-state index < -0.39 is 0 Å². The topological polar surface area (TPSA) is 62.0 Å². The van der Waals surface area contributed by atoms with Crippen molar-refractivity contribution in [3.63, 3.8) is 0 Å². The lowest BCUT2D eigenvalue weighted by molar-refractivity contribution is -0.116. The van der Waals surface area contributed by atoms with Gasteiger partial charge in [-0.1, -0.05) is 35.9 Å². The van der Waals surface area contributed by atoms with E-state index in [0.29, 0.717) is 5.56 Å². The van der Waals surface area contributed by atoms with E-state index in [2.05, 4.69) is 22.4 Å². The Morgan fingerprint density at radius 2 is 1.92 bits per heavy atom. The minimum Gasteiger partial charge on any atom is -0.348 e. The van der Waals surface area contributed by atoms with Crippen molar-refractivity contribution in [2.45, 2.75) is 40.2 Å². The van der Waals surface area contributed by atoms with Gasteiger partial charge in [0.15, 0.2) is 0 Å². The molecule has 1 amide bonds. The van der Waals surface area contributed by atoms with Crippen molar-refractivity contribution in [2.75, 3.05) is 0 Å². The van der Waals surface area contributed by atoms with Gasteiger partial charge in [-0.15, -0.1) is 0 Å². The maximum atomic E-state index is 12.0. The Morgan fingerprint density at radius 1 is 1.21 bits per heavy atom. The maximum absolute atomic E-state index is 12.0. The number of aromatic amines is 1. The van der Waals surface area contributed by atoms with Crippen LogP contribution in [0.1, 0.15) is 35.7 Å². The number of aryl methyl sites for hydroxylation is 3. The van der Waals surface area contributed by atoms with Crippen LogP contribution in [-0.2, 0) is 17.8 Å². The van der Waals surface area contributed by atoms with E-state index in [4.69, 9.17) is 0 Å². The molecule has 1 aromatic carbocycles. The second kappa shape index (κ2) is 8.29. The average molecular weight is 324 g/mol. The fourth-order valence-electron chi connectivity index (χ4n) is 2.61. The number of hydrogen-bond donors (Lipinski definition) is 2. The van der Waals surface area contributed by atoms with Crippen molar-refractivity contribution < 1.29 is 4.79 Å². The van der Waals surface area contributed by atoms with E-state index in [0.717, 1.165) is 29.7 Å². The third-order valence-corrected chi connectivity index (χ3v) is 3.96. The summed E-state index contributed by atoms with van der Waals surface area (Å²) in [5.74, 6) is -0.167. The summed E-state index contributed by atoms with van der Waals surface area (Å²) < 4.78 is 0. The molecule has 24 heavy (non-hydrogen) atoms. The molecule has 0 bridgehead atoms. The second-order valence-electron chi connectivity index (χ2n) is 6.14. The van der Waals surface area contributed by atoms with E-state index in [9.17, 15) is 9.59 Å². The molecule has 0 atom stereocenters. The number of amides is 1. The van der Waals surface area contributed by atoms with Crippen molar-refractivity contribution in [3.05, 3.63) is 80.8 Å². The van der Waals surface area contributed by atoms with Crippen LogP contribution in [0.5, 0.6) is 0 Å². The molecule has 4 heteroatoms. The highest BCUT2D eigenvalue weighted by Gasteiger charge is 2.06. The lowest BCUT2D eigenvalue weighted by Crippen LogP contribution is -2.26. The molecule has 1 aromatic heterocycles. The van der Waals surface area contributed by atoms with Gasteiger partial charge in [0, 0.05) is 23.9 Å². The minimum atomic E-state index is -0.167. The Bertz CT molecular complexity index is 789. The van der Waals surface area contributed by atoms with Gasteiger partial charge in [-0.25, -0.2) is 0 Å². The summed E-state index contributed by atoms with van der Waals surface area (Å²) >= 11 is 0. The van der Waals surface area contributed by atoms with Crippen LogP contribution in [0.25, 0.3) is 0 Å². The zero-order chi connectivity index (χ0) is 17.5. The lowest BCUT2D eigenvalue weighted by atomic mass is 10.1.